The highest BCUT2D eigenvalue weighted by atomic mass is 35.5. The maximum absolute atomic E-state index is 11.9. The molecule has 2 aromatic rings. The van der Waals surface area contributed by atoms with Crippen molar-refractivity contribution in [3.8, 4) is 11.5 Å². The van der Waals surface area contributed by atoms with Gasteiger partial charge in [0.05, 0.1) is 17.8 Å². The summed E-state index contributed by atoms with van der Waals surface area (Å²) in [7, 11) is 0. The van der Waals surface area contributed by atoms with Crippen LogP contribution in [0, 0.1) is 0 Å². The highest BCUT2D eigenvalue weighted by Crippen LogP contribution is 2.27. The Bertz CT molecular complexity index is 855. The van der Waals surface area contributed by atoms with Gasteiger partial charge in [-0.3, -0.25) is 4.79 Å². The third-order valence-corrected chi connectivity index (χ3v) is 4.77. The summed E-state index contributed by atoms with van der Waals surface area (Å²) >= 11 is 11.9. The molecule has 0 atom stereocenters. The Morgan fingerprint density at radius 3 is 2.62 bits per heavy atom. The van der Waals surface area contributed by atoms with E-state index in [-0.39, 0.29) is 18.1 Å². The number of phenolic OH excluding ortho intramolecular Hbond substituents is 1. The van der Waals surface area contributed by atoms with E-state index < -0.39 is 0 Å². The molecule has 0 aromatic heterocycles. The van der Waals surface area contributed by atoms with Crippen LogP contribution in [0.25, 0.3) is 0 Å². The number of aromatic hydroxyl groups is 1. The first-order chi connectivity index (χ1) is 13.9. The summed E-state index contributed by atoms with van der Waals surface area (Å²) in [5.74, 6) is 0.394. The van der Waals surface area contributed by atoms with Crippen LogP contribution in [0.3, 0.4) is 0 Å². The molecule has 0 unspecified atom stereocenters. The van der Waals surface area contributed by atoms with Gasteiger partial charge in [0.15, 0.2) is 0 Å². The number of hydrogen-bond acceptors (Lipinski definition) is 5. The number of hydrazone groups is 1. The molecule has 6 nitrogen and oxygen atoms in total. The zero-order chi connectivity index (χ0) is 21.2. The standard InChI is InChI=1S/C21H25Cl2N3O3/c1-3-26(4-2)17-9-7-15(19(27)13-17)14-24-25-21(28)6-5-11-29-20-10-8-16(22)12-18(20)23/h7-10,12-14,27H,3-6,11H2,1-2H3,(H,25,28). The molecule has 2 rings (SSSR count). The van der Waals surface area contributed by atoms with Gasteiger partial charge in [-0.25, -0.2) is 5.43 Å². The lowest BCUT2D eigenvalue weighted by atomic mass is 10.2. The van der Waals surface area contributed by atoms with Crippen molar-refractivity contribution < 1.29 is 14.6 Å². The van der Waals surface area contributed by atoms with Crippen LogP contribution < -0.4 is 15.1 Å². The average Bonchev–Trinajstić information content (AvgIpc) is 2.69. The van der Waals surface area contributed by atoms with Crippen LogP contribution >= 0.6 is 23.2 Å². The number of hydrogen-bond donors (Lipinski definition) is 2. The van der Waals surface area contributed by atoms with Crippen LogP contribution in [-0.2, 0) is 4.79 Å². The monoisotopic (exact) mass is 437 g/mol. The first kappa shape index (κ1) is 22.8. The Kier molecular flexibility index (Phi) is 9.09. The summed E-state index contributed by atoms with van der Waals surface area (Å²) in [5.41, 5.74) is 3.91. The lowest BCUT2D eigenvalue weighted by Gasteiger charge is -2.21. The summed E-state index contributed by atoms with van der Waals surface area (Å²) in [5, 5.41) is 15.0. The molecule has 0 saturated heterocycles. The van der Waals surface area contributed by atoms with Crippen molar-refractivity contribution >= 4 is 41.0 Å². The van der Waals surface area contributed by atoms with Gasteiger partial charge >= 0.3 is 0 Å². The van der Waals surface area contributed by atoms with E-state index in [9.17, 15) is 9.90 Å². The van der Waals surface area contributed by atoms with Crippen molar-refractivity contribution in [3.63, 3.8) is 0 Å². The molecule has 8 heteroatoms. The molecule has 0 aliphatic carbocycles. The Morgan fingerprint density at radius 1 is 1.21 bits per heavy atom. The number of benzene rings is 2. The van der Waals surface area contributed by atoms with Crippen molar-refractivity contribution in [2.45, 2.75) is 26.7 Å². The van der Waals surface area contributed by atoms with Crippen LogP contribution in [0.4, 0.5) is 5.69 Å². The number of nitrogens with one attached hydrogen (secondary N) is 1. The minimum absolute atomic E-state index is 0.112. The third kappa shape index (κ3) is 7.15. The van der Waals surface area contributed by atoms with E-state index in [0.717, 1.165) is 18.8 Å². The van der Waals surface area contributed by atoms with Crippen LogP contribution in [0.15, 0.2) is 41.5 Å². The van der Waals surface area contributed by atoms with Crippen molar-refractivity contribution in [1.29, 1.82) is 0 Å². The van der Waals surface area contributed by atoms with Gasteiger partial charge < -0.3 is 14.7 Å². The lowest BCUT2D eigenvalue weighted by molar-refractivity contribution is -0.121. The van der Waals surface area contributed by atoms with Gasteiger partial charge in [0, 0.05) is 41.9 Å². The third-order valence-electron chi connectivity index (χ3n) is 4.24. The van der Waals surface area contributed by atoms with E-state index in [1.807, 2.05) is 6.07 Å². The fourth-order valence-electron chi connectivity index (χ4n) is 2.66. The Morgan fingerprint density at radius 2 is 1.97 bits per heavy atom. The summed E-state index contributed by atoms with van der Waals surface area (Å²) in [6.45, 7) is 6.16. The van der Waals surface area contributed by atoms with Crippen LogP contribution in [0.1, 0.15) is 32.3 Å². The zero-order valence-corrected chi connectivity index (χ0v) is 18.0. The van der Waals surface area contributed by atoms with Gasteiger partial charge in [0.2, 0.25) is 5.91 Å². The number of amides is 1. The van der Waals surface area contributed by atoms with Crippen LogP contribution in [0.2, 0.25) is 10.0 Å². The van der Waals surface area contributed by atoms with Gasteiger partial charge in [-0.2, -0.15) is 5.10 Å². The zero-order valence-electron chi connectivity index (χ0n) is 16.5. The second kappa shape index (κ2) is 11.5. The maximum atomic E-state index is 11.9. The van der Waals surface area contributed by atoms with E-state index >= 15 is 0 Å². The molecule has 0 radical (unpaired) electrons. The fraction of sp³-hybridized carbons (Fsp3) is 0.333. The summed E-state index contributed by atoms with van der Waals surface area (Å²) in [4.78, 5) is 14.0. The van der Waals surface area contributed by atoms with E-state index in [0.29, 0.717) is 34.4 Å². The number of rotatable bonds is 10. The number of halogens is 2. The summed E-state index contributed by atoms with van der Waals surface area (Å²) in [6, 6.07) is 10.3. The average molecular weight is 438 g/mol. The molecule has 2 N–H and O–H groups in total. The maximum Gasteiger partial charge on any atom is 0.240 e. The van der Waals surface area contributed by atoms with E-state index in [4.69, 9.17) is 27.9 Å². The quantitative estimate of drug-likeness (QED) is 0.316. The molecular weight excluding hydrogens is 413 g/mol. The van der Waals surface area contributed by atoms with Crippen molar-refractivity contribution in [3.05, 3.63) is 52.0 Å². The predicted octanol–water partition coefficient (Wildman–Crippen LogP) is 4.85. The highest BCUT2D eigenvalue weighted by molar-refractivity contribution is 6.35. The van der Waals surface area contributed by atoms with Crippen molar-refractivity contribution in [2.24, 2.45) is 5.10 Å². The Labute approximate surface area is 181 Å². The fourth-order valence-corrected chi connectivity index (χ4v) is 3.13. The molecule has 0 spiro atoms. The molecule has 0 aliphatic heterocycles. The molecule has 2 aromatic carbocycles. The smallest absolute Gasteiger partial charge is 0.240 e. The van der Waals surface area contributed by atoms with Crippen LogP contribution in [-0.4, -0.2) is 36.9 Å². The number of carbonyl (C=O) groups excluding carboxylic acids is 1. The first-order valence-corrected chi connectivity index (χ1v) is 10.2. The molecule has 0 heterocycles. The molecule has 0 aliphatic rings. The van der Waals surface area contributed by atoms with Crippen molar-refractivity contribution in [2.75, 3.05) is 24.6 Å². The molecule has 1 amide bonds. The largest absolute Gasteiger partial charge is 0.507 e. The van der Waals surface area contributed by atoms with Gasteiger partial charge in [-0.05, 0) is 50.6 Å². The minimum atomic E-state index is -0.244. The number of anilines is 1. The van der Waals surface area contributed by atoms with Gasteiger partial charge in [-0.1, -0.05) is 23.2 Å². The molecule has 0 fully saturated rings. The van der Waals surface area contributed by atoms with E-state index in [1.165, 1.54) is 6.21 Å². The molecular formula is C21H25Cl2N3O3. The van der Waals surface area contributed by atoms with Gasteiger partial charge in [-0.15, -0.1) is 0 Å². The van der Waals surface area contributed by atoms with Gasteiger partial charge in [0.25, 0.3) is 0 Å². The van der Waals surface area contributed by atoms with E-state index in [2.05, 4.69) is 29.3 Å². The number of carbonyl (C=O) groups is 1. The number of nitrogens with zero attached hydrogens (tertiary/aromatic N) is 2. The molecule has 0 bridgehead atoms. The van der Waals surface area contributed by atoms with Crippen LogP contribution in [0.5, 0.6) is 11.5 Å². The molecule has 29 heavy (non-hydrogen) atoms. The summed E-state index contributed by atoms with van der Waals surface area (Å²) in [6.07, 6.45) is 2.17. The number of phenols is 1. The number of ether oxygens (including phenoxy) is 1. The highest BCUT2D eigenvalue weighted by Gasteiger charge is 2.06. The van der Waals surface area contributed by atoms with E-state index in [1.54, 1.807) is 30.3 Å². The second-order valence-corrected chi connectivity index (χ2v) is 7.08. The predicted molar refractivity (Wildman–Crippen MR) is 119 cm³/mol. The molecule has 156 valence electrons. The minimum Gasteiger partial charge on any atom is -0.507 e. The lowest BCUT2D eigenvalue weighted by Crippen LogP contribution is -2.21. The Hall–Kier alpha value is -2.44. The van der Waals surface area contributed by atoms with Crippen molar-refractivity contribution in [1.82, 2.24) is 5.43 Å². The topological polar surface area (TPSA) is 74.2 Å². The summed E-state index contributed by atoms with van der Waals surface area (Å²) < 4.78 is 5.53. The normalized spacial score (nSPS) is 10.9. The second-order valence-electron chi connectivity index (χ2n) is 6.24. The SMILES string of the molecule is CCN(CC)c1ccc(C=NNC(=O)CCCOc2ccc(Cl)cc2Cl)c(O)c1. The van der Waals surface area contributed by atoms with Gasteiger partial charge in [0.1, 0.15) is 11.5 Å². The first-order valence-electron chi connectivity index (χ1n) is 9.42. The molecule has 0 saturated carbocycles. The Balaban J connectivity index is 1.76.